The van der Waals surface area contributed by atoms with Crippen LogP contribution in [0.15, 0.2) is 18.2 Å². The molecular formula is C16H26O2. The number of rotatable bonds is 9. The molecule has 0 amide bonds. The topological polar surface area (TPSA) is 29.5 Å². The van der Waals surface area contributed by atoms with Gasteiger partial charge in [-0.3, -0.25) is 0 Å². The molecule has 1 aromatic carbocycles. The third kappa shape index (κ3) is 5.09. The van der Waals surface area contributed by atoms with Crippen LogP contribution in [0.2, 0.25) is 0 Å². The van der Waals surface area contributed by atoms with Gasteiger partial charge < -0.3 is 9.84 Å². The van der Waals surface area contributed by atoms with Crippen molar-refractivity contribution in [2.75, 3.05) is 6.61 Å². The van der Waals surface area contributed by atoms with Crippen molar-refractivity contribution in [1.82, 2.24) is 0 Å². The van der Waals surface area contributed by atoms with E-state index < -0.39 is 0 Å². The molecule has 18 heavy (non-hydrogen) atoms. The zero-order valence-electron chi connectivity index (χ0n) is 11.7. The third-order valence-electron chi connectivity index (χ3n) is 3.21. The van der Waals surface area contributed by atoms with Gasteiger partial charge in [-0.15, -0.1) is 0 Å². The Bertz CT molecular complexity index is 334. The predicted octanol–water partition coefficient (Wildman–Crippen LogP) is 4.23. The highest BCUT2D eigenvalue weighted by molar-refractivity contribution is 5.40. The zero-order chi connectivity index (χ0) is 13.2. The van der Waals surface area contributed by atoms with E-state index in [1.807, 2.05) is 25.1 Å². The van der Waals surface area contributed by atoms with E-state index in [2.05, 4.69) is 6.92 Å². The summed E-state index contributed by atoms with van der Waals surface area (Å²) in [5, 5.41) is 9.26. The second-order valence-electron chi connectivity index (χ2n) is 4.84. The Balaban J connectivity index is 2.26. The molecule has 0 heterocycles. The highest BCUT2D eigenvalue weighted by Gasteiger charge is 2.05. The summed E-state index contributed by atoms with van der Waals surface area (Å²) in [5.41, 5.74) is 1.99. The van der Waals surface area contributed by atoms with Crippen molar-refractivity contribution in [3.05, 3.63) is 29.3 Å². The summed E-state index contributed by atoms with van der Waals surface area (Å²) in [4.78, 5) is 0. The summed E-state index contributed by atoms with van der Waals surface area (Å²) in [6.07, 6.45) is 7.61. The Labute approximate surface area is 111 Å². The van der Waals surface area contributed by atoms with Gasteiger partial charge in [-0.2, -0.15) is 0 Å². The van der Waals surface area contributed by atoms with E-state index in [0.29, 0.717) is 0 Å². The highest BCUT2D eigenvalue weighted by Crippen LogP contribution is 2.23. The van der Waals surface area contributed by atoms with Crippen molar-refractivity contribution in [2.24, 2.45) is 0 Å². The van der Waals surface area contributed by atoms with Crippen molar-refractivity contribution in [2.45, 2.75) is 59.0 Å². The number of aliphatic hydroxyl groups is 1. The van der Waals surface area contributed by atoms with Crippen LogP contribution < -0.4 is 4.74 Å². The first-order valence-electron chi connectivity index (χ1n) is 7.11. The number of unbranched alkanes of at least 4 members (excludes halogenated alkanes) is 5. The van der Waals surface area contributed by atoms with E-state index in [1.165, 1.54) is 32.1 Å². The van der Waals surface area contributed by atoms with Crippen LogP contribution in [0.5, 0.6) is 5.75 Å². The minimum absolute atomic E-state index is 0.0491. The minimum Gasteiger partial charge on any atom is -0.493 e. The van der Waals surface area contributed by atoms with E-state index in [-0.39, 0.29) is 6.61 Å². The largest absolute Gasteiger partial charge is 0.493 e. The van der Waals surface area contributed by atoms with Gasteiger partial charge in [0.25, 0.3) is 0 Å². The summed E-state index contributed by atoms with van der Waals surface area (Å²) in [6, 6.07) is 5.90. The maximum absolute atomic E-state index is 9.26. The van der Waals surface area contributed by atoms with E-state index in [0.717, 1.165) is 29.9 Å². The maximum atomic E-state index is 9.26. The summed E-state index contributed by atoms with van der Waals surface area (Å²) < 4.78 is 5.81. The van der Waals surface area contributed by atoms with Crippen LogP contribution >= 0.6 is 0 Å². The number of hydrogen-bond donors (Lipinski definition) is 1. The van der Waals surface area contributed by atoms with Crippen LogP contribution in [0, 0.1) is 6.92 Å². The summed E-state index contributed by atoms with van der Waals surface area (Å²) in [5.74, 6) is 0.869. The summed E-state index contributed by atoms with van der Waals surface area (Å²) in [7, 11) is 0. The van der Waals surface area contributed by atoms with Gasteiger partial charge in [0.05, 0.1) is 13.2 Å². The normalized spacial score (nSPS) is 10.6. The number of benzene rings is 1. The lowest BCUT2D eigenvalue weighted by atomic mass is 10.1. The molecule has 0 radical (unpaired) electrons. The number of aryl methyl sites for hydroxylation is 1. The molecule has 1 rings (SSSR count). The molecule has 0 unspecified atom stereocenters. The highest BCUT2D eigenvalue weighted by atomic mass is 16.5. The van der Waals surface area contributed by atoms with Gasteiger partial charge in [0.1, 0.15) is 5.75 Å². The second-order valence-corrected chi connectivity index (χ2v) is 4.84. The summed E-state index contributed by atoms with van der Waals surface area (Å²) in [6.45, 7) is 5.06. The van der Waals surface area contributed by atoms with Crippen LogP contribution in [-0.2, 0) is 6.61 Å². The molecule has 0 bridgehead atoms. The third-order valence-corrected chi connectivity index (χ3v) is 3.21. The predicted molar refractivity (Wildman–Crippen MR) is 76.0 cm³/mol. The number of hydrogen-bond acceptors (Lipinski definition) is 2. The zero-order valence-corrected chi connectivity index (χ0v) is 11.7. The van der Waals surface area contributed by atoms with Gasteiger partial charge in [-0.05, 0) is 18.9 Å². The molecule has 102 valence electrons. The van der Waals surface area contributed by atoms with Crippen LogP contribution in [0.3, 0.4) is 0 Å². The van der Waals surface area contributed by atoms with Gasteiger partial charge in [0, 0.05) is 5.56 Å². The molecule has 0 fully saturated rings. The molecule has 0 saturated heterocycles. The smallest absolute Gasteiger partial charge is 0.127 e. The van der Waals surface area contributed by atoms with Crippen LogP contribution in [0.1, 0.15) is 56.6 Å². The average molecular weight is 250 g/mol. The molecule has 1 aromatic rings. The Morgan fingerprint density at radius 1 is 1.06 bits per heavy atom. The Hall–Kier alpha value is -1.02. The maximum Gasteiger partial charge on any atom is 0.127 e. The fraction of sp³-hybridized carbons (Fsp3) is 0.625. The molecule has 0 aliphatic carbocycles. The first-order chi connectivity index (χ1) is 8.79. The average Bonchev–Trinajstić information content (AvgIpc) is 2.39. The fourth-order valence-electron chi connectivity index (χ4n) is 2.10. The minimum atomic E-state index is 0.0491. The number of para-hydroxylation sites is 1. The van der Waals surface area contributed by atoms with Crippen LogP contribution in [0.25, 0.3) is 0 Å². The molecule has 0 atom stereocenters. The molecule has 0 aliphatic rings. The standard InChI is InChI=1S/C16H26O2/c1-3-4-5-6-7-8-12-18-16-14(2)10-9-11-15(16)13-17/h9-11,17H,3-8,12-13H2,1-2H3. The molecule has 0 aliphatic heterocycles. The van der Waals surface area contributed by atoms with Crippen molar-refractivity contribution < 1.29 is 9.84 Å². The molecule has 2 nitrogen and oxygen atoms in total. The SMILES string of the molecule is CCCCCCCCOc1c(C)cccc1CO. The van der Waals surface area contributed by atoms with Gasteiger partial charge in [-0.1, -0.05) is 57.2 Å². The number of ether oxygens (including phenoxy) is 1. The van der Waals surface area contributed by atoms with Gasteiger partial charge in [-0.25, -0.2) is 0 Å². The Kier molecular flexibility index (Phi) is 7.51. The van der Waals surface area contributed by atoms with E-state index in [1.54, 1.807) is 0 Å². The Morgan fingerprint density at radius 3 is 2.50 bits per heavy atom. The van der Waals surface area contributed by atoms with Gasteiger partial charge >= 0.3 is 0 Å². The lowest BCUT2D eigenvalue weighted by Crippen LogP contribution is -2.02. The van der Waals surface area contributed by atoms with E-state index in [9.17, 15) is 5.11 Å². The number of aliphatic hydroxyl groups excluding tert-OH is 1. The van der Waals surface area contributed by atoms with Gasteiger partial charge in [0.2, 0.25) is 0 Å². The van der Waals surface area contributed by atoms with Crippen molar-refractivity contribution >= 4 is 0 Å². The molecule has 1 N–H and O–H groups in total. The van der Waals surface area contributed by atoms with Crippen molar-refractivity contribution in [3.63, 3.8) is 0 Å². The monoisotopic (exact) mass is 250 g/mol. The fourth-order valence-corrected chi connectivity index (χ4v) is 2.10. The Morgan fingerprint density at radius 2 is 1.78 bits per heavy atom. The molecule has 0 saturated carbocycles. The first-order valence-corrected chi connectivity index (χ1v) is 7.11. The van der Waals surface area contributed by atoms with Crippen molar-refractivity contribution in [3.8, 4) is 5.75 Å². The van der Waals surface area contributed by atoms with E-state index in [4.69, 9.17) is 4.74 Å². The molecular weight excluding hydrogens is 224 g/mol. The lowest BCUT2D eigenvalue weighted by Gasteiger charge is -2.12. The van der Waals surface area contributed by atoms with Gasteiger partial charge in [0.15, 0.2) is 0 Å². The van der Waals surface area contributed by atoms with E-state index >= 15 is 0 Å². The quantitative estimate of drug-likeness (QED) is 0.665. The lowest BCUT2D eigenvalue weighted by molar-refractivity contribution is 0.259. The van der Waals surface area contributed by atoms with Crippen molar-refractivity contribution in [1.29, 1.82) is 0 Å². The summed E-state index contributed by atoms with van der Waals surface area (Å²) >= 11 is 0. The van der Waals surface area contributed by atoms with Crippen LogP contribution in [-0.4, -0.2) is 11.7 Å². The molecule has 2 heteroatoms. The second kappa shape index (κ2) is 8.98. The molecule has 0 aromatic heterocycles. The molecule has 0 spiro atoms. The van der Waals surface area contributed by atoms with Crippen LogP contribution in [0.4, 0.5) is 0 Å². The first kappa shape index (κ1) is 15.0.